The van der Waals surface area contributed by atoms with Gasteiger partial charge >= 0.3 is 71.1 Å². The molecule has 44 heavy (non-hydrogen) atoms. The Kier molecular flexibility index (Phi) is 39.4. The molecule has 0 bridgehead atoms. The zero-order valence-electron chi connectivity index (χ0n) is 25.5. The van der Waals surface area contributed by atoms with E-state index >= 15 is 0 Å². The Bertz CT molecular complexity index is 1390. The Morgan fingerprint density at radius 3 is 1.68 bits per heavy atom. The van der Waals surface area contributed by atoms with Crippen molar-refractivity contribution in [2.75, 3.05) is 13.2 Å². The number of hydrogen-bond acceptors (Lipinski definition) is 9. The summed E-state index contributed by atoms with van der Waals surface area (Å²) in [4.78, 5) is 54.6. The molecule has 0 saturated heterocycles. The quantitative estimate of drug-likeness (QED) is 0.0444. The van der Waals surface area contributed by atoms with Gasteiger partial charge in [0.1, 0.15) is 6.61 Å². The summed E-state index contributed by atoms with van der Waals surface area (Å²) in [6.45, 7) is 2.19. The van der Waals surface area contributed by atoms with Gasteiger partial charge in [-0.05, 0) is 77.5 Å². The maximum absolute atomic E-state index is 12.1. The average molecular weight is 683 g/mol. The van der Waals surface area contributed by atoms with Crippen LogP contribution in [0.1, 0.15) is 90.2 Å². The van der Waals surface area contributed by atoms with E-state index in [0.717, 1.165) is 25.7 Å². The minimum absolute atomic E-state index is 0. The van der Waals surface area contributed by atoms with Gasteiger partial charge < -0.3 is 28.3 Å². The second-order valence-corrected chi connectivity index (χ2v) is 9.62. The summed E-state index contributed by atoms with van der Waals surface area (Å²) >= 11 is 3.33. The number of unbranched alkanes of at least 4 members (excludes halogenated alkanes) is 7. The summed E-state index contributed by atoms with van der Waals surface area (Å²) in [6.07, 6.45) is 12.0. The number of hydrogen-bond donors (Lipinski definition) is 1. The first-order chi connectivity index (χ1) is 20.0. The molecular formula is C31H57Na2O9PS. The van der Waals surface area contributed by atoms with Crippen LogP contribution in [-0.4, -0.2) is 36.4 Å². The van der Waals surface area contributed by atoms with E-state index in [2.05, 4.69) is 101 Å². The van der Waals surface area contributed by atoms with E-state index in [1.807, 2.05) is 0 Å². The molecule has 0 saturated carbocycles. The molecule has 0 spiro atoms. The van der Waals surface area contributed by atoms with Crippen LogP contribution in [0, 0.1) is 83.4 Å². The van der Waals surface area contributed by atoms with Crippen LogP contribution in [-0.2, 0) is 32.9 Å². The van der Waals surface area contributed by atoms with Gasteiger partial charge in [0.05, 0.1) is 14.4 Å². The number of rotatable bonds is 15. The summed E-state index contributed by atoms with van der Waals surface area (Å²) in [5.41, 5.74) is 0. The number of phosphoric acid groups is 1. The van der Waals surface area contributed by atoms with Crippen LogP contribution >= 0.6 is 20.5 Å². The molecule has 248 valence electrons. The van der Waals surface area contributed by atoms with Crippen molar-refractivity contribution in [2.45, 2.75) is 77.7 Å². The number of terminal acetylenes is 1. The number of carbonyl (C=O) groups is 3. The normalized spacial score (nSPS) is 8.91. The second-order valence-electron chi connectivity index (χ2n) is 7.84. The van der Waals surface area contributed by atoms with E-state index < -0.39 is 39.1 Å². The molecule has 0 aromatic carbocycles. The molecule has 0 aliphatic heterocycles. The van der Waals surface area contributed by atoms with Crippen molar-refractivity contribution in [3.8, 4) is 83.4 Å². The van der Waals surface area contributed by atoms with Crippen molar-refractivity contribution < 1.29 is 120 Å². The van der Waals surface area contributed by atoms with E-state index in [0.29, 0.717) is 6.42 Å². The third kappa shape index (κ3) is 44.4. The average Bonchev–Trinajstić information content (AvgIpc) is 2.91. The standard InChI is InChI=1S/C29H29O8P.C2H4OS.2Na.13H2/c1-3-5-7-9-11-13-14-15-16-18-19-21-23-28(30)35-25-27(26-36-38(32,33)34)37-29(31)24-22-20-17-12-10-8-6-4-2;1-2(3)4;;;;;;;;;;;;;;;/h1,27H,4,6,8,10,12,17,20,22,24-26H2,2H3,(H2,32,33,34);1H3,(H,3,4);;;13*1H/q;;2*+1;;;;;;;;;;;;;/p-2/t27-;;;;;;;;;;;;;;;;/m1................/s1. The summed E-state index contributed by atoms with van der Waals surface area (Å²) in [6, 6.07) is 0. The Morgan fingerprint density at radius 2 is 1.23 bits per heavy atom. The molecule has 0 aromatic heterocycles. The molecule has 0 fully saturated rings. The first kappa shape index (κ1) is 48.9. The predicted molar refractivity (Wildman–Crippen MR) is 184 cm³/mol. The fourth-order valence-corrected chi connectivity index (χ4v) is 2.89. The number of carbonyl (C=O) groups excluding carboxylic acids is 3. The van der Waals surface area contributed by atoms with Crippen molar-refractivity contribution in [3.63, 3.8) is 0 Å². The molecule has 0 aliphatic rings. The SMILES string of the molecule is C#CC#CC#CC#CC#CC#CC#CC(=O)OC[C@H](COP(=O)([O-])[O-])OC(=O)CCCCCCCCCC.CC(=O)S.[HH].[HH].[HH].[HH].[HH].[HH].[HH].[HH].[HH].[HH].[HH].[HH].[HH].[Na+].[Na+]. The number of thiol groups is 1. The molecule has 13 heteroatoms. The van der Waals surface area contributed by atoms with Crippen LogP contribution in [0.5, 0.6) is 0 Å². The first-order valence-electron chi connectivity index (χ1n) is 12.7. The number of ether oxygens (including phenoxy) is 2. The zero-order valence-corrected chi connectivity index (χ0v) is 31.3. The van der Waals surface area contributed by atoms with Gasteiger partial charge in [-0.2, -0.15) is 0 Å². The van der Waals surface area contributed by atoms with Gasteiger partial charge in [0, 0.05) is 37.8 Å². The van der Waals surface area contributed by atoms with E-state index in [9.17, 15) is 28.7 Å². The van der Waals surface area contributed by atoms with Gasteiger partial charge in [-0.25, -0.2) is 4.79 Å². The van der Waals surface area contributed by atoms with Crippen LogP contribution in [0.25, 0.3) is 0 Å². The Labute approximate surface area is 330 Å². The third-order valence-electron chi connectivity index (χ3n) is 4.21. The van der Waals surface area contributed by atoms with Gasteiger partial charge in [-0.1, -0.05) is 51.9 Å². The second kappa shape index (κ2) is 35.5. The Balaban J connectivity index is -0.0000000534. The van der Waals surface area contributed by atoms with Gasteiger partial charge in [-0.3, -0.25) is 9.59 Å². The molecule has 0 unspecified atom stereocenters. The van der Waals surface area contributed by atoms with Crippen LogP contribution in [0.2, 0.25) is 0 Å². The molecular weight excluding hydrogens is 625 g/mol. The largest absolute Gasteiger partial charge is 1.00 e. The van der Waals surface area contributed by atoms with Gasteiger partial charge in [0.15, 0.2) is 11.2 Å². The van der Waals surface area contributed by atoms with E-state index in [1.54, 1.807) is 0 Å². The summed E-state index contributed by atoms with van der Waals surface area (Å²) in [5.74, 6) is 28.3. The van der Waals surface area contributed by atoms with Crippen molar-refractivity contribution in [1.29, 1.82) is 0 Å². The summed E-state index contributed by atoms with van der Waals surface area (Å²) in [7, 11) is -5.32. The number of esters is 2. The smallest absolute Gasteiger partial charge is 0.790 e. The van der Waals surface area contributed by atoms with E-state index in [-0.39, 0.29) is 89.2 Å². The molecule has 0 amide bonds. The molecule has 0 heterocycles. The molecule has 0 aromatic rings. The maximum Gasteiger partial charge on any atom is 1.00 e. The van der Waals surface area contributed by atoms with Crippen molar-refractivity contribution in [2.24, 2.45) is 0 Å². The van der Waals surface area contributed by atoms with Gasteiger partial charge in [-0.15, -0.1) is 19.1 Å². The molecule has 0 aliphatic carbocycles. The van der Waals surface area contributed by atoms with Crippen LogP contribution < -0.4 is 68.9 Å². The Hall–Kier alpha value is -2.01. The minimum Gasteiger partial charge on any atom is -0.790 e. The van der Waals surface area contributed by atoms with Crippen molar-refractivity contribution >= 4 is 37.5 Å². The van der Waals surface area contributed by atoms with Crippen LogP contribution in [0.3, 0.4) is 0 Å². The van der Waals surface area contributed by atoms with E-state index in [1.165, 1.54) is 26.2 Å². The summed E-state index contributed by atoms with van der Waals surface area (Å²) < 4.78 is 24.9. The molecule has 0 radical (unpaired) electrons. The van der Waals surface area contributed by atoms with Crippen molar-refractivity contribution in [3.05, 3.63) is 0 Å². The fraction of sp³-hybridized carbons (Fsp3) is 0.452. The fourth-order valence-electron chi connectivity index (χ4n) is 2.54. The predicted octanol–water partition coefficient (Wildman–Crippen LogP) is -0.860. The van der Waals surface area contributed by atoms with Crippen LogP contribution in [0.15, 0.2) is 0 Å². The first-order valence-corrected chi connectivity index (χ1v) is 14.6. The van der Waals surface area contributed by atoms with Crippen LogP contribution in [0.4, 0.5) is 0 Å². The van der Waals surface area contributed by atoms with Crippen molar-refractivity contribution in [1.82, 2.24) is 0 Å². The number of phosphoric ester groups is 1. The molecule has 1 atom stereocenters. The Morgan fingerprint density at radius 1 is 0.795 bits per heavy atom. The van der Waals surface area contributed by atoms with Gasteiger partial charge in [0.2, 0.25) is 0 Å². The minimum atomic E-state index is -5.32. The maximum atomic E-state index is 12.1. The molecule has 9 nitrogen and oxygen atoms in total. The molecule has 0 rings (SSSR count). The van der Waals surface area contributed by atoms with Gasteiger partial charge in [0.25, 0.3) is 0 Å². The third-order valence-corrected chi connectivity index (χ3v) is 4.68. The van der Waals surface area contributed by atoms with E-state index in [4.69, 9.17) is 15.9 Å². The topological polar surface area (TPSA) is 142 Å². The molecule has 0 N–H and O–H groups in total. The monoisotopic (exact) mass is 682 g/mol. The zero-order chi connectivity index (χ0) is 31.9. The summed E-state index contributed by atoms with van der Waals surface area (Å²) in [5, 5.41) is -0.139.